The van der Waals surface area contributed by atoms with Crippen LogP contribution in [0.4, 0.5) is 0 Å². The summed E-state index contributed by atoms with van der Waals surface area (Å²) in [4.78, 5) is 163. The predicted octanol–water partition coefficient (Wildman–Crippen LogP) is 16.6. The van der Waals surface area contributed by atoms with Crippen LogP contribution < -0.4 is 51.2 Å². The molecule has 17 unspecified atom stereocenters. The zero-order chi connectivity index (χ0) is 110. The molecule has 6 aromatic rings. The van der Waals surface area contributed by atoms with Crippen molar-refractivity contribution in [3.63, 3.8) is 0 Å². The summed E-state index contributed by atoms with van der Waals surface area (Å²) >= 11 is 0. The van der Waals surface area contributed by atoms with Crippen LogP contribution in [-0.4, -0.2) is 207 Å². The second-order valence-electron chi connectivity index (χ2n) is 47.0. The summed E-state index contributed by atoms with van der Waals surface area (Å²) in [7, 11) is 12.1. The molecule has 3 aromatic carbocycles. The maximum atomic E-state index is 13.9. The third-order valence-corrected chi connectivity index (χ3v) is 29.9. The minimum Gasteiger partial charge on any atom is -0.462 e. The normalized spacial score (nSPS) is 16.1. The van der Waals surface area contributed by atoms with E-state index < -0.39 is 104 Å². The van der Waals surface area contributed by atoms with Gasteiger partial charge in [0, 0.05) is 58.9 Å². The quantitative estimate of drug-likeness (QED) is 0.0181. The zero-order valence-corrected chi connectivity index (χ0v) is 95.8. The minimum absolute atomic E-state index is 0. The molecule has 6 rings (SSSR count). The summed E-state index contributed by atoms with van der Waals surface area (Å²) in [6.45, 7) is 61.3. The van der Waals surface area contributed by atoms with Crippen molar-refractivity contribution in [2.24, 2.45) is 70.0 Å². The molecule has 146 heavy (non-hydrogen) atoms. The van der Waals surface area contributed by atoms with Crippen molar-refractivity contribution in [2.75, 3.05) is 101 Å². The summed E-state index contributed by atoms with van der Waals surface area (Å²) in [6.07, 6.45) is 9.04. The van der Waals surface area contributed by atoms with E-state index in [0.717, 1.165) is 66.4 Å². The van der Waals surface area contributed by atoms with Gasteiger partial charge in [-0.3, -0.25) is 14.4 Å². The number of carbonyl (C=O) groups excluding carboxylic acids is 3. The van der Waals surface area contributed by atoms with Gasteiger partial charge in [-0.2, -0.15) is 0 Å². The lowest BCUT2D eigenvalue weighted by Crippen LogP contribution is -2.56. The number of rotatable bonds is 59. The summed E-state index contributed by atoms with van der Waals surface area (Å²) in [5.41, 5.74) is 0.215. The van der Waals surface area contributed by atoms with Gasteiger partial charge in [0.25, 0.3) is 0 Å². The Morgan fingerprint density at radius 2 is 0.589 bits per heavy atom. The number of likely N-dealkylation sites (N-methyl/N-ethyl adjacent to an activating group) is 3. The molecular formula is C116H199N12O18+3. The third-order valence-electron chi connectivity index (χ3n) is 29.9. The smallest absolute Gasteiger partial charge is 0.336 e. The van der Waals surface area contributed by atoms with E-state index in [9.17, 15) is 72.9 Å². The van der Waals surface area contributed by atoms with E-state index in [-0.39, 0.29) is 151 Å². The monoisotopic (exact) mass is 2050 g/mol. The Labute approximate surface area is 874 Å². The molecule has 0 aliphatic carbocycles. The highest BCUT2D eigenvalue weighted by Gasteiger charge is 2.39. The maximum absolute atomic E-state index is 13.9. The van der Waals surface area contributed by atoms with Crippen LogP contribution in [-0.2, 0) is 87.5 Å². The van der Waals surface area contributed by atoms with Gasteiger partial charge in [0.2, 0.25) is 0 Å². The second kappa shape index (κ2) is 60.6. The van der Waals surface area contributed by atoms with Crippen LogP contribution in [0.5, 0.6) is 0 Å². The highest BCUT2D eigenvalue weighted by molar-refractivity contribution is 5.77. The molecule has 3 aromatic heterocycles. The number of aromatic nitrogens is 9. The number of hydrogen-bond donors (Lipinski definition) is 3. The number of esters is 3. The second-order valence-corrected chi connectivity index (χ2v) is 47.0. The third kappa shape index (κ3) is 40.3. The molecule has 0 spiro atoms. The number of aliphatic hydroxyl groups excluding tert-OH is 3. The highest BCUT2D eigenvalue weighted by atomic mass is 16.6. The molecule has 828 valence electrons. The van der Waals surface area contributed by atoms with Gasteiger partial charge in [0.05, 0.1) is 78.7 Å². The molecule has 3 heterocycles. The Morgan fingerprint density at radius 3 is 0.863 bits per heavy atom. The molecular weight excluding hydrogens is 1850 g/mol. The van der Waals surface area contributed by atoms with Crippen LogP contribution in [0, 0.1) is 70.0 Å². The first-order valence-corrected chi connectivity index (χ1v) is 54.4. The fraction of sp³-hybridized carbons (Fsp3) is 0.724. The number of allylic oxidation sites excluding steroid dienone is 1. The lowest BCUT2D eigenvalue weighted by Gasteiger charge is -2.32. The summed E-state index contributed by atoms with van der Waals surface area (Å²) in [5.74, 6) is -0.640. The van der Waals surface area contributed by atoms with Gasteiger partial charge in [0.15, 0.2) is 0 Å². The van der Waals surface area contributed by atoms with Crippen molar-refractivity contribution in [1.82, 2.24) is 41.1 Å². The largest absolute Gasteiger partial charge is 0.462 e. The molecule has 0 radical (unpaired) electrons. The molecule has 0 saturated heterocycles. The van der Waals surface area contributed by atoms with Crippen LogP contribution in [0.15, 0.2) is 122 Å². The Bertz CT molecular complexity index is 5430. The number of ether oxygens (including phenoxy) is 3. The van der Waals surface area contributed by atoms with Gasteiger partial charge in [-0.25, -0.2) is 84.3 Å². The molecule has 0 saturated carbocycles. The fourth-order valence-electron chi connectivity index (χ4n) is 19.0. The molecule has 0 aliphatic rings. The summed E-state index contributed by atoms with van der Waals surface area (Å²) in [5, 5.41) is 31.4. The fourth-order valence-corrected chi connectivity index (χ4v) is 19.0. The van der Waals surface area contributed by atoms with Gasteiger partial charge < -0.3 is 43.0 Å². The van der Waals surface area contributed by atoms with Crippen molar-refractivity contribution < 1.29 is 57.4 Å². The average Bonchev–Trinajstić information content (AvgIpc) is 0.780. The van der Waals surface area contributed by atoms with Crippen LogP contribution in [0.2, 0.25) is 0 Å². The van der Waals surface area contributed by atoms with E-state index in [4.69, 9.17) is 14.2 Å². The van der Waals surface area contributed by atoms with E-state index in [2.05, 4.69) is 116 Å². The number of benzene rings is 3. The predicted molar refractivity (Wildman–Crippen MR) is 592 cm³/mol. The number of carbonyl (C=O) groups is 3. The van der Waals surface area contributed by atoms with Crippen LogP contribution in [0.25, 0.3) is 6.08 Å². The Kier molecular flexibility index (Phi) is 54.3. The van der Waals surface area contributed by atoms with Gasteiger partial charge in [0.1, 0.15) is 57.8 Å². The highest BCUT2D eigenvalue weighted by Crippen LogP contribution is 2.36. The number of aliphatic hydroxyl groups is 3. The number of nitrogens with zero attached hydrogens (tertiary/aromatic N) is 12. The SMILES string of the molecule is C.CCC(C)c1cccc(C(C)CC(C)Cn2c(=O)n(CC(C)C)c(=O)n(CC(C)CC(C)(CC)C(=O)OCC(O)C[N+](C)(C)CC)c2=O)c1.CCC(C)c1cccc(C(C)CC(C)Cn2c(=O)n(CC(C)C)c(=O)n(CC(C)CC(C)(CC)C(=O)OCC(O)C[N+](C)(C)CC)c2=O)c1.CCC(CC(C)Cn1c(=O)n(CC(C)C)c(=O)n(CC(C)/C=C/c2cccc(C(C)CC)c2)c1=O)C(=O)OCC(O)C[N+](C)(C)CC. The van der Waals surface area contributed by atoms with E-state index in [0.29, 0.717) is 89.4 Å². The van der Waals surface area contributed by atoms with Crippen molar-refractivity contribution in [3.8, 4) is 0 Å². The maximum Gasteiger partial charge on any atom is 0.336 e. The number of quaternary nitrogens is 3. The van der Waals surface area contributed by atoms with E-state index in [1.807, 2.05) is 205 Å². The van der Waals surface area contributed by atoms with Gasteiger partial charge in [-0.15, -0.1) is 0 Å². The minimum atomic E-state index is -0.875. The van der Waals surface area contributed by atoms with E-state index in [1.54, 1.807) is 0 Å². The van der Waals surface area contributed by atoms with Gasteiger partial charge in [-0.1, -0.05) is 252 Å². The van der Waals surface area contributed by atoms with E-state index >= 15 is 0 Å². The molecule has 30 nitrogen and oxygen atoms in total. The molecule has 0 bridgehead atoms. The van der Waals surface area contributed by atoms with Crippen LogP contribution in [0.3, 0.4) is 0 Å². The standard InChI is InChI=1S/2C39H67N4O6.C37H61N4O6.CH4/c2*1-13-30(8)32-17-16-18-33(20-32)31(9)19-28(6)23-41-36(46)40(22-27(4)5)37(47)42(38(41)48)24-29(7)21-39(10,14-2)35(45)49-26-34(44)25-43(11,12)15-3;1-11-29(8)32-16-14-15-30(20-32)18-17-27(6)22-39-35(44)38(21-26(4)5)36(45)40(37(39)46)23-28(7)19-31(12-2)34(43)47-25-33(42)24-41(9,10)13-3;/h2*16-18,20,27-31,34,44H,13-15,19,21-26H2,1-12H3;14-18,20,26-29,31,33,42H,11-13,19,21-25H2,1-10H3;1H4/q3*+1;/b;;18-17+;. The van der Waals surface area contributed by atoms with Crippen molar-refractivity contribution in [1.29, 1.82) is 0 Å². The molecule has 17 atom stereocenters. The van der Waals surface area contributed by atoms with Crippen LogP contribution in [0.1, 0.15) is 335 Å². The Hall–Kier alpha value is -9.20. The first-order chi connectivity index (χ1) is 67.6. The molecule has 3 N–H and O–H groups in total. The van der Waals surface area contributed by atoms with Crippen molar-refractivity contribution in [2.45, 2.75) is 379 Å². The van der Waals surface area contributed by atoms with Crippen molar-refractivity contribution >= 4 is 24.0 Å². The van der Waals surface area contributed by atoms with Crippen molar-refractivity contribution in [3.05, 3.63) is 207 Å². The molecule has 0 aliphatic heterocycles. The number of hydrogen-bond acceptors (Lipinski definition) is 18. The van der Waals surface area contributed by atoms with E-state index in [1.165, 1.54) is 59.8 Å². The summed E-state index contributed by atoms with van der Waals surface area (Å²) < 4.78 is 29.2. The van der Waals surface area contributed by atoms with Gasteiger partial charge in [-0.05, 0) is 221 Å². The Balaban J connectivity index is 0.000000561. The first-order valence-electron chi connectivity index (χ1n) is 54.4. The van der Waals surface area contributed by atoms with Gasteiger partial charge >= 0.3 is 69.1 Å². The zero-order valence-electron chi connectivity index (χ0n) is 95.8. The molecule has 0 fully saturated rings. The molecule has 30 heteroatoms. The first kappa shape index (κ1) is 131. The Morgan fingerprint density at radius 1 is 0.336 bits per heavy atom. The lowest BCUT2D eigenvalue weighted by molar-refractivity contribution is -0.891. The average molecular weight is 2050 g/mol. The topological polar surface area (TPSA) is 338 Å². The lowest BCUT2D eigenvalue weighted by atomic mass is 9.79. The molecule has 0 amide bonds. The summed E-state index contributed by atoms with van der Waals surface area (Å²) in [6, 6.07) is 25.7. The van der Waals surface area contributed by atoms with Crippen LogP contribution >= 0.6 is 0 Å².